The number of ether oxygens (including phenoxy) is 2. The molecule has 2 aliphatic heterocycles. The van der Waals surface area contributed by atoms with Gasteiger partial charge in [0.05, 0.1) is 18.1 Å². The van der Waals surface area contributed by atoms with Gasteiger partial charge in [0.2, 0.25) is 5.91 Å². The van der Waals surface area contributed by atoms with Crippen molar-refractivity contribution in [3.63, 3.8) is 0 Å². The van der Waals surface area contributed by atoms with E-state index in [1.165, 1.54) is 0 Å². The van der Waals surface area contributed by atoms with Gasteiger partial charge in [-0.05, 0) is 42.7 Å². The van der Waals surface area contributed by atoms with Crippen molar-refractivity contribution in [2.24, 2.45) is 5.92 Å². The molecule has 3 heterocycles. The number of carbonyl (C=O) groups is 1. The number of hydrogen-bond acceptors (Lipinski definition) is 4. The first-order valence-electron chi connectivity index (χ1n) is 8.73. The Bertz CT molecular complexity index is 875. The van der Waals surface area contributed by atoms with Crippen LogP contribution in [0.2, 0.25) is 0 Å². The van der Waals surface area contributed by atoms with Crippen molar-refractivity contribution in [3.05, 3.63) is 54.1 Å². The first-order valence-corrected chi connectivity index (χ1v) is 8.73. The van der Waals surface area contributed by atoms with Crippen LogP contribution in [0.1, 0.15) is 24.3 Å². The third-order valence-corrected chi connectivity index (χ3v) is 5.09. The average molecular weight is 396 g/mol. The number of aromatic nitrogens is 1. The standard InChI is InChI=1S/C19H16F4N2O3/c20-12-9-11(1-2-13(12)28-19(21,22)23)25-18(26)17-15-4-3-14(27-15)16(17)10-5-7-24-8-6-10/h1-2,5-9,14-17H,3-4H2,(H,25,26)/t14-,15+,16+,17+/m0/s1. The van der Waals surface area contributed by atoms with Crippen LogP contribution in [0.15, 0.2) is 42.7 Å². The van der Waals surface area contributed by atoms with Crippen molar-refractivity contribution in [1.29, 1.82) is 0 Å². The van der Waals surface area contributed by atoms with E-state index in [1.54, 1.807) is 12.4 Å². The van der Waals surface area contributed by atoms with E-state index in [9.17, 15) is 22.4 Å². The maximum Gasteiger partial charge on any atom is 0.573 e. The van der Waals surface area contributed by atoms with Gasteiger partial charge in [-0.25, -0.2) is 4.39 Å². The van der Waals surface area contributed by atoms with Crippen LogP contribution in [-0.4, -0.2) is 29.5 Å². The van der Waals surface area contributed by atoms with Crippen molar-refractivity contribution in [1.82, 2.24) is 4.98 Å². The van der Waals surface area contributed by atoms with Crippen molar-refractivity contribution >= 4 is 11.6 Å². The minimum atomic E-state index is -5.00. The number of amides is 1. The highest BCUT2D eigenvalue weighted by atomic mass is 19.4. The summed E-state index contributed by atoms with van der Waals surface area (Å²) in [6, 6.07) is 6.46. The third-order valence-electron chi connectivity index (χ3n) is 5.09. The van der Waals surface area contributed by atoms with Gasteiger partial charge in [0.1, 0.15) is 0 Å². The SMILES string of the molecule is O=C(Nc1ccc(OC(F)(F)F)c(F)c1)[C@H]1[C@H](c2ccncc2)[C@@H]2CC[C@H]1O2. The van der Waals surface area contributed by atoms with Crippen LogP contribution in [0, 0.1) is 11.7 Å². The van der Waals surface area contributed by atoms with E-state index in [0.717, 1.165) is 36.6 Å². The number of hydrogen-bond donors (Lipinski definition) is 1. The van der Waals surface area contributed by atoms with Crippen molar-refractivity contribution in [2.75, 3.05) is 5.32 Å². The van der Waals surface area contributed by atoms with Crippen LogP contribution in [-0.2, 0) is 9.53 Å². The van der Waals surface area contributed by atoms with E-state index < -0.39 is 23.8 Å². The second-order valence-corrected chi connectivity index (χ2v) is 6.80. The summed E-state index contributed by atoms with van der Waals surface area (Å²) < 4.78 is 60.1. The van der Waals surface area contributed by atoms with Gasteiger partial charge in [-0.15, -0.1) is 13.2 Å². The summed E-state index contributed by atoms with van der Waals surface area (Å²) in [7, 11) is 0. The molecule has 2 aromatic rings. The zero-order valence-electron chi connectivity index (χ0n) is 14.4. The van der Waals surface area contributed by atoms with Crippen LogP contribution in [0.3, 0.4) is 0 Å². The smallest absolute Gasteiger partial charge is 0.403 e. The second kappa shape index (κ2) is 7.05. The van der Waals surface area contributed by atoms with E-state index in [4.69, 9.17) is 4.74 Å². The van der Waals surface area contributed by atoms with E-state index in [2.05, 4.69) is 15.0 Å². The van der Waals surface area contributed by atoms with Gasteiger partial charge in [0, 0.05) is 30.1 Å². The molecule has 1 amide bonds. The molecule has 1 N–H and O–H groups in total. The summed E-state index contributed by atoms with van der Waals surface area (Å²) >= 11 is 0. The normalized spacial score (nSPS) is 26.3. The molecule has 0 unspecified atom stereocenters. The Labute approximate surface area is 157 Å². The number of carbonyl (C=O) groups excluding carboxylic acids is 1. The molecule has 9 heteroatoms. The molecule has 2 saturated heterocycles. The first kappa shape index (κ1) is 18.7. The lowest BCUT2D eigenvalue weighted by atomic mass is 9.75. The lowest BCUT2D eigenvalue weighted by Gasteiger charge is -2.27. The summed E-state index contributed by atoms with van der Waals surface area (Å²) in [6.07, 6.45) is -0.445. The number of halogens is 4. The van der Waals surface area contributed by atoms with E-state index in [0.29, 0.717) is 0 Å². The van der Waals surface area contributed by atoms with E-state index in [1.807, 2.05) is 12.1 Å². The largest absolute Gasteiger partial charge is 0.573 e. The Morgan fingerprint density at radius 1 is 1.14 bits per heavy atom. The Hall–Kier alpha value is -2.68. The Balaban J connectivity index is 1.52. The molecule has 2 bridgehead atoms. The molecule has 2 fully saturated rings. The maximum absolute atomic E-state index is 13.9. The van der Waals surface area contributed by atoms with Crippen molar-refractivity contribution in [2.45, 2.75) is 37.3 Å². The third kappa shape index (κ3) is 3.66. The van der Waals surface area contributed by atoms with Gasteiger partial charge >= 0.3 is 6.36 Å². The van der Waals surface area contributed by atoms with Gasteiger partial charge < -0.3 is 14.8 Å². The summed E-state index contributed by atoms with van der Waals surface area (Å²) in [6.45, 7) is 0. The number of nitrogens with one attached hydrogen (secondary N) is 1. The van der Waals surface area contributed by atoms with Crippen LogP contribution >= 0.6 is 0 Å². The number of alkyl halides is 3. The Morgan fingerprint density at radius 2 is 1.86 bits per heavy atom. The number of benzene rings is 1. The highest BCUT2D eigenvalue weighted by molar-refractivity contribution is 5.94. The number of pyridine rings is 1. The molecule has 5 nitrogen and oxygen atoms in total. The molecule has 2 aliphatic rings. The molecule has 4 rings (SSSR count). The van der Waals surface area contributed by atoms with Gasteiger partial charge in [-0.1, -0.05) is 0 Å². The predicted molar refractivity (Wildman–Crippen MR) is 90.1 cm³/mol. The molecule has 4 atom stereocenters. The minimum absolute atomic E-state index is 0.0493. The summed E-state index contributed by atoms with van der Waals surface area (Å²) in [4.78, 5) is 16.9. The predicted octanol–water partition coefficient (Wildman–Crippen LogP) is 4.02. The van der Waals surface area contributed by atoms with Crippen LogP contribution in [0.5, 0.6) is 5.75 Å². The maximum atomic E-state index is 13.9. The van der Waals surface area contributed by atoms with E-state index in [-0.39, 0.29) is 29.7 Å². The molecule has 0 aliphatic carbocycles. The lowest BCUT2D eigenvalue weighted by Crippen LogP contribution is -2.36. The van der Waals surface area contributed by atoms with Gasteiger partial charge in [-0.3, -0.25) is 9.78 Å². The lowest BCUT2D eigenvalue weighted by molar-refractivity contribution is -0.275. The molecule has 0 radical (unpaired) electrons. The minimum Gasteiger partial charge on any atom is -0.403 e. The van der Waals surface area contributed by atoms with Gasteiger partial charge in [-0.2, -0.15) is 0 Å². The second-order valence-electron chi connectivity index (χ2n) is 6.80. The van der Waals surface area contributed by atoms with Crippen LogP contribution in [0.25, 0.3) is 0 Å². The summed E-state index contributed by atoms with van der Waals surface area (Å²) in [5, 5.41) is 2.59. The van der Waals surface area contributed by atoms with Crippen molar-refractivity contribution in [3.8, 4) is 5.75 Å². The fraction of sp³-hybridized carbons (Fsp3) is 0.368. The molecule has 0 saturated carbocycles. The fourth-order valence-electron chi connectivity index (χ4n) is 4.03. The summed E-state index contributed by atoms with van der Waals surface area (Å²) in [5.41, 5.74) is 0.982. The number of fused-ring (bicyclic) bond motifs is 2. The Morgan fingerprint density at radius 3 is 2.54 bits per heavy atom. The van der Waals surface area contributed by atoms with Crippen LogP contribution in [0.4, 0.5) is 23.2 Å². The fourth-order valence-corrected chi connectivity index (χ4v) is 4.03. The molecule has 148 valence electrons. The molecule has 1 aromatic heterocycles. The van der Waals surface area contributed by atoms with Gasteiger partial charge in [0.15, 0.2) is 11.6 Å². The zero-order chi connectivity index (χ0) is 19.9. The highest BCUT2D eigenvalue weighted by Gasteiger charge is 2.52. The quantitative estimate of drug-likeness (QED) is 0.794. The molecule has 0 spiro atoms. The number of rotatable bonds is 4. The molecule has 1 aromatic carbocycles. The van der Waals surface area contributed by atoms with Gasteiger partial charge in [0.25, 0.3) is 0 Å². The monoisotopic (exact) mass is 396 g/mol. The van der Waals surface area contributed by atoms with E-state index >= 15 is 0 Å². The number of nitrogens with zero attached hydrogens (tertiary/aromatic N) is 1. The molecule has 28 heavy (non-hydrogen) atoms. The van der Waals surface area contributed by atoms with Crippen LogP contribution < -0.4 is 10.1 Å². The molecular formula is C19H16F4N2O3. The highest BCUT2D eigenvalue weighted by Crippen LogP contribution is 2.49. The molecular weight excluding hydrogens is 380 g/mol. The summed E-state index contributed by atoms with van der Waals surface area (Å²) in [5.74, 6) is -3.17. The topological polar surface area (TPSA) is 60.5 Å². The first-order chi connectivity index (χ1) is 13.3. The number of anilines is 1. The van der Waals surface area contributed by atoms with Crippen molar-refractivity contribution < 1.29 is 31.8 Å². The zero-order valence-corrected chi connectivity index (χ0v) is 14.4. The Kier molecular flexibility index (Phi) is 4.70. The average Bonchev–Trinajstić information content (AvgIpc) is 3.25.